The molecule has 0 aliphatic carbocycles. The zero-order chi connectivity index (χ0) is 13.1. The molecule has 0 unspecified atom stereocenters. The molecule has 17 heavy (non-hydrogen) atoms. The molecule has 0 spiro atoms. The summed E-state index contributed by atoms with van der Waals surface area (Å²) in [6, 6.07) is 6.96. The van der Waals surface area contributed by atoms with Crippen molar-refractivity contribution in [2.24, 2.45) is 0 Å². The summed E-state index contributed by atoms with van der Waals surface area (Å²) in [4.78, 5) is 0.348. The van der Waals surface area contributed by atoms with Gasteiger partial charge >= 0.3 is 0 Å². The summed E-state index contributed by atoms with van der Waals surface area (Å²) >= 11 is 0. The normalized spacial score (nSPS) is 11.8. The van der Waals surface area contributed by atoms with Crippen LogP contribution < -0.4 is 0 Å². The topological polar surface area (TPSA) is 37.4 Å². The average molecular weight is 253 g/mol. The second-order valence-corrected chi connectivity index (χ2v) is 6.14. The Hall–Kier alpha value is -1.13. The van der Waals surface area contributed by atoms with Crippen molar-refractivity contribution in [2.45, 2.75) is 25.7 Å². The Labute approximate surface area is 104 Å². The van der Waals surface area contributed by atoms with Gasteiger partial charge in [0.25, 0.3) is 0 Å². The molecule has 1 aromatic rings. The van der Waals surface area contributed by atoms with Gasteiger partial charge in [0.2, 0.25) is 10.0 Å². The number of hydrogen-bond donors (Lipinski definition) is 0. The molecule has 0 aromatic heterocycles. The van der Waals surface area contributed by atoms with Crippen LogP contribution in [0.25, 0.3) is 0 Å². The number of aryl methyl sites for hydroxylation is 1. The highest BCUT2D eigenvalue weighted by molar-refractivity contribution is 7.89. The smallest absolute Gasteiger partial charge is 0.207 e. The van der Waals surface area contributed by atoms with Crippen LogP contribution in [0, 0.1) is 6.92 Å². The third-order valence-electron chi connectivity index (χ3n) is 2.43. The maximum absolute atomic E-state index is 12.3. The molecule has 0 aliphatic heterocycles. The van der Waals surface area contributed by atoms with E-state index < -0.39 is 10.0 Å². The lowest BCUT2D eigenvalue weighted by Gasteiger charge is -2.20. The first-order valence-corrected chi connectivity index (χ1v) is 7.03. The van der Waals surface area contributed by atoms with Crippen molar-refractivity contribution in [2.75, 3.05) is 13.1 Å². The second-order valence-electron chi connectivity index (χ2n) is 4.20. The quantitative estimate of drug-likeness (QED) is 0.756. The fraction of sp³-hybridized carbons (Fsp3) is 0.385. The van der Waals surface area contributed by atoms with Crippen molar-refractivity contribution >= 4 is 10.0 Å². The van der Waals surface area contributed by atoms with E-state index in [0.29, 0.717) is 18.0 Å². The van der Waals surface area contributed by atoms with E-state index in [-0.39, 0.29) is 0 Å². The zero-order valence-electron chi connectivity index (χ0n) is 10.6. The van der Waals surface area contributed by atoms with Crippen LogP contribution in [0.5, 0.6) is 0 Å². The highest BCUT2D eigenvalue weighted by Gasteiger charge is 2.22. The van der Waals surface area contributed by atoms with Gasteiger partial charge in [-0.15, -0.1) is 0 Å². The standard InChI is InChI=1S/C13H19NO2S/c1-5-14(10-11(2)3)17(15,16)13-8-6-7-12(4)9-13/h6-9H,2,5,10H2,1,3-4H3. The second kappa shape index (κ2) is 5.47. The van der Waals surface area contributed by atoms with E-state index in [0.717, 1.165) is 11.1 Å². The van der Waals surface area contributed by atoms with Gasteiger partial charge in [0.1, 0.15) is 0 Å². The molecule has 94 valence electrons. The largest absolute Gasteiger partial charge is 0.243 e. The Bertz CT molecular complexity index is 506. The van der Waals surface area contributed by atoms with E-state index >= 15 is 0 Å². The van der Waals surface area contributed by atoms with Crippen LogP contribution in [0.4, 0.5) is 0 Å². The Kier molecular flexibility index (Phi) is 4.48. The molecule has 4 heteroatoms. The molecule has 0 amide bonds. The molecule has 1 aromatic carbocycles. The van der Waals surface area contributed by atoms with Crippen LogP contribution in [-0.4, -0.2) is 25.8 Å². The minimum absolute atomic E-state index is 0.348. The first-order chi connectivity index (χ1) is 7.87. The summed E-state index contributed by atoms with van der Waals surface area (Å²) in [5.74, 6) is 0. The van der Waals surface area contributed by atoms with Crippen LogP contribution >= 0.6 is 0 Å². The molecule has 0 bridgehead atoms. The molecule has 0 atom stereocenters. The van der Waals surface area contributed by atoms with Gasteiger partial charge in [-0.2, -0.15) is 4.31 Å². The summed E-state index contributed by atoms with van der Waals surface area (Å²) in [5, 5.41) is 0. The molecular formula is C13H19NO2S. The number of sulfonamides is 1. The summed E-state index contributed by atoms with van der Waals surface area (Å²) in [6.45, 7) is 10.1. The third kappa shape index (κ3) is 3.41. The third-order valence-corrected chi connectivity index (χ3v) is 4.34. The van der Waals surface area contributed by atoms with Gasteiger partial charge in [-0.1, -0.05) is 31.2 Å². The summed E-state index contributed by atoms with van der Waals surface area (Å²) < 4.78 is 26.1. The van der Waals surface area contributed by atoms with Gasteiger partial charge in [-0.05, 0) is 31.5 Å². The average Bonchev–Trinajstić information content (AvgIpc) is 2.25. The molecule has 0 aliphatic rings. The van der Waals surface area contributed by atoms with Gasteiger partial charge < -0.3 is 0 Å². The number of benzene rings is 1. The van der Waals surface area contributed by atoms with Crippen molar-refractivity contribution < 1.29 is 8.42 Å². The Morgan fingerprint density at radius 1 is 1.41 bits per heavy atom. The zero-order valence-corrected chi connectivity index (χ0v) is 11.4. The van der Waals surface area contributed by atoms with E-state index in [1.54, 1.807) is 18.2 Å². The van der Waals surface area contributed by atoms with E-state index in [9.17, 15) is 8.42 Å². The molecule has 0 heterocycles. The van der Waals surface area contributed by atoms with Crippen LogP contribution in [-0.2, 0) is 10.0 Å². The Morgan fingerprint density at radius 2 is 2.06 bits per heavy atom. The van der Waals surface area contributed by atoms with Crippen molar-refractivity contribution in [1.82, 2.24) is 4.31 Å². The van der Waals surface area contributed by atoms with Crippen molar-refractivity contribution in [3.8, 4) is 0 Å². The maximum atomic E-state index is 12.3. The van der Waals surface area contributed by atoms with Crippen molar-refractivity contribution in [1.29, 1.82) is 0 Å². The molecule has 0 fully saturated rings. The van der Waals surface area contributed by atoms with Gasteiger partial charge in [-0.25, -0.2) is 8.42 Å². The van der Waals surface area contributed by atoms with E-state index in [4.69, 9.17) is 0 Å². The molecule has 3 nitrogen and oxygen atoms in total. The summed E-state index contributed by atoms with van der Waals surface area (Å²) in [6.07, 6.45) is 0. The minimum atomic E-state index is -3.40. The van der Waals surface area contributed by atoms with Crippen LogP contribution in [0.15, 0.2) is 41.3 Å². The van der Waals surface area contributed by atoms with Gasteiger partial charge in [-0.3, -0.25) is 0 Å². The number of hydrogen-bond acceptors (Lipinski definition) is 2. The van der Waals surface area contributed by atoms with Crippen LogP contribution in [0.2, 0.25) is 0 Å². The molecule has 0 radical (unpaired) electrons. The summed E-state index contributed by atoms with van der Waals surface area (Å²) in [5.41, 5.74) is 1.78. The molecule has 0 saturated heterocycles. The van der Waals surface area contributed by atoms with Gasteiger partial charge in [0, 0.05) is 13.1 Å². The van der Waals surface area contributed by atoms with E-state index in [1.807, 2.05) is 26.8 Å². The maximum Gasteiger partial charge on any atom is 0.243 e. The monoisotopic (exact) mass is 253 g/mol. The predicted molar refractivity (Wildman–Crippen MR) is 70.4 cm³/mol. The Morgan fingerprint density at radius 3 is 2.53 bits per heavy atom. The minimum Gasteiger partial charge on any atom is -0.207 e. The fourth-order valence-electron chi connectivity index (χ4n) is 1.59. The first kappa shape index (κ1) is 13.9. The molecule has 1 rings (SSSR count). The number of rotatable bonds is 5. The first-order valence-electron chi connectivity index (χ1n) is 5.59. The lowest BCUT2D eigenvalue weighted by atomic mass is 10.2. The SMILES string of the molecule is C=C(C)CN(CC)S(=O)(=O)c1cccc(C)c1. The highest BCUT2D eigenvalue weighted by Crippen LogP contribution is 2.17. The predicted octanol–water partition coefficient (Wildman–Crippen LogP) is 2.58. The number of nitrogens with zero attached hydrogens (tertiary/aromatic N) is 1. The summed E-state index contributed by atoms with van der Waals surface area (Å²) in [7, 11) is -3.40. The van der Waals surface area contributed by atoms with Crippen LogP contribution in [0.1, 0.15) is 19.4 Å². The number of likely N-dealkylation sites (N-methyl/N-ethyl adjacent to an activating group) is 1. The Balaban J connectivity index is 3.13. The van der Waals surface area contributed by atoms with Crippen LogP contribution in [0.3, 0.4) is 0 Å². The van der Waals surface area contributed by atoms with Crippen molar-refractivity contribution in [3.05, 3.63) is 42.0 Å². The fourth-order valence-corrected chi connectivity index (χ4v) is 3.21. The lowest BCUT2D eigenvalue weighted by molar-refractivity contribution is 0.453. The van der Waals surface area contributed by atoms with E-state index in [2.05, 4.69) is 6.58 Å². The van der Waals surface area contributed by atoms with Gasteiger partial charge in [0.05, 0.1) is 4.90 Å². The molecule has 0 saturated carbocycles. The highest BCUT2D eigenvalue weighted by atomic mass is 32.2. The van der Waals surface area contributed by atoms with Crippen molar-refractivity contribution in [3.63, 3.8) is 0 Å². The van der Waals surface area contributed by atoms with Gasteiger partial charge in [0.15, 0.2) is 0 Å². The molecular weight excluding hydrogens is 234 g/mol. The van der Waals surface area contributed by atoms with E-state index in [1.165, 1.54) is 4.31 Å². The molecule has 0 N–H and O–H groups in total. The lowest BCUT2D eigenvalue weighted by Crippen LogP contribution is -2.32.